The maximum absolute atomic E-state index is 11.5. The molecular formula is C4H4F3N. The molecule has 1 aliphatic heterocycles. The van der Waals surface area contributed by atoms with Crippen molar-refractivity contribution in [3.63, 3.8) is 0 Å². The Morgan fingerprint density at radius 2 is 1.88 bits per heavy atom. The van der Waals surface area contributed by atoms with Gasteiger partial charge in [0.15, 0.2) is 5.54 Å². The minimum absolute atomic E-state index is 0.896. The Bertz CT molecular complexity index is 125. The zero-order chi connectivity index (χ0) is 6.41. The highest BCUT2D eigenvalue weighted by molar-refractivity contribution is 5.84. The summed E-state index contributed by atoms with van der Waals surface area (Å²) in [6, 6.07) is 0. The summed E-state index contributed by atoms with van der Waals surface area (Å²) in [6.45, 7) is 1.03. The van der Waals surface area contributed by atoms with Gasteiger partial charge < -0.3 is 0 Å². The summed E-state index contributed by atoms with van der Waals surface area (Å²) < 4.78 is 34.5. The SMILES string of the molecule is CC1(C(F)(F)F)C=N1. The number of hydrogen-bond donors (Lipinski definition) is 0. The molecule has 1 unspecified atom stereocenters. The molecule has 0 saturated carbocycles. The van der Waals surface area contributed by atoms with E-state index in [1.165, 1.54) is 0 Å². The van der Waals surface area contributed by atoms with E-state index in [1.54, 1.807) is 0 Å². The number of alkyl halides is 3. The summed E-state index contributed by atoms with van der Waals surface area (Å²) in [5.74, 6) is 0. The molecule has 1 heterocycles. The second-order valence-corrected chi connectivity index (χ2v) is 1.90. The van der Waals surface area contributed by atoms with E-state index in [0.717, 1.165) is 13.1 Å². The van der Waals surface area contributed by atoms with Gasteiger partial charge in [0.25, 0.3) is 0 Å². The average Bonchev–Trinajstić information content (AvgIpc) is 2.16. The Morgan fingerprint density at radius 1 is 1.50 bits per heavy atom. The van der Waals surface area contributed by atoms with Crippen LogP contribution in [0.4, 0.5) is 13.2 Å². The third-order valence-corrected chi connectivity index (χ3v) is 1.09. The molecule has 4 heteroatoms. The molecule has 0 spiro atoms. The van der Waals surface area contributed by atoms with Crippen molar-refractivity contribution in [1.29, 1.82) is 0 Å². The van der Waals surface area contributed by atoms with Gasteiger partial charge in [0, 0.05) is 6.21 Å². The van der Waals surface area contributed by atoms with E-state index in [9.17, 15) is 13.2 Å². The van der Waals surface area contributed by atoms with Crippen LogP contribution >= 0.6 is 0 Å². The van der Waals surface area contributed by atoms with Gasteiger partial charge >= 0.3 is 6.18 Å². The lowest BCUT2D eigenvalue weighted by Crippen LogP contribution is -2.30. The first kappa shape index (κ1) is 5.59. The Balaban J connectivity index is 2.61. The standard InChI is InChI=1S/C4H4F3N/c1-3(2-8-3)4(5,6)7/h2H,1H3. The molecule has 0 aromatic rings. The van der Waals surface area contributed by atoms with E-state index in [-0.39, 0.29) is 0 Å². The van der Waals surface area contributed by atoms with Gasteiger partial charge in [0.2, 0.25) is 0 Å². The van der Waals surface area contributed by atoms with Crippen molar-refractivity contribution < 1.29 is 13.2 Å². The minimum atomic E-state index is -4.17. The summed E-state index contributed by atoms with van der Waals surface area (Å²) >= 11 is 0. The van der Waals surface area contributed by atoms with Crippen LogP contribution in [0.5, 0.6) is 0 Å². The van der Waals surface area contributed by atoms with Gasteiger partial charge in [-0.05, 0) is 6.92 Å². The number of nitrogens with zero attached hydrogens (tertiary/aromatic N) is 1. The molecular weight excluding hydrogens is 119 g/mol. The maximum atomic E-state index is 11.5. The first-order valence-electron chi connectivity index (χ1n) is 2.09. The Labute approximate surface area is 44.2 Å². The Kier molecular flexibility index (Phi) is 0.743. The summed E-state index contributed by atoms with van der Waals surface area (Å²) in [4.78, 5) is 3.06. The van der Waals surface area contributed by atoms with Gasteiger partial charge in [-0.1, -0.05) is 0 Å². The lowest BCUT2D eigenvalue weighted by molar-refractivity contribution is -0.149. The molecule has 0 amide bonds. The molecule has 8 heavy (non-hydrogen) atoms. The summed E-state index contributed by atoms with van der Waals surface area (Å²) in [6.07, 6.45) is -3.28. The molecule has 1 aliphatic rings. The monoisotopic (exact) mass is 123 g/mol. The van der Waals surface area contributed by atoms with Crippen molar-refractivity contribution in [2.75, 3.05) is 0 Å². The van der Waals surface area contributed by atoms with Crippen molar-refractivity contribution in [3.05, 3.63) is 0 Å². The van der Waals surface area contributed by atoms with E-state index < -0.39 is 11.7 Å². The van der Waals surface area contributed by atoms with Gasteiger partial charge in [-0.2, -0.15) is 13.2 Å². The molecule has 0 fully saturated rings. The van der Waals surface area contributed by atoms with Crippen molar-refractivity contribution in [2.45, 2.75) is 18.6 Å². The molecule has 0 N–H and O–H groups in total. The first-order chi connectivity index (χ1) is 3.46. The molecule has 0 saturated heterocycles. The Morgan fingerprint density at radius 3 is 1.88 bits per heavy atom. The zero-order valence-electron chi connectivity index (χ0n) is 4.16. The van der Waals surface area contributed by atoms with Gasteiger partial charge in [-0.25, -0.2) is 0 Å². The second kappa shape index (κ2) is 1.06. The molecule has 0 aromatic heterocycles. The van der Waals surface area contributed by atoms with Gasteiger partial charge in [-0.15, -0.1) is 0 Å². The third-order valence-electron chi connectivity index (χ3n) is 1.09. The largest absolute Gasteiger partial charge is 0.418 e. The lowest BCUT2D eigenvalue weighted by atomic mass is 10.2. The predicted molar refractivity (Wildman–Crippen MR) is 23.0 cm³/mol. The van der Waals surface area contributed by atoms with Gasteiger partial charge in [0.05, 0.1) is 0 Å². The lowest BCUT2D eigenvalue weighted by Gasteiger charge is -2.09. The number of hydrogen-bond acceptors (Lipinski definition) is 1. The first-order valence-corrected chi connectivity index (χ1v) is 2.09. The quantitative estimate of drug-likeness (QED) is 0.461. The molecule has 0 aliphatic carbocycles. The molecule has 1 nitrogen and oxygen atoms in total. The van der Waals surface area contributed by atoms with Crippen LogP contribution in [0.3, 0.4) is 0 Å². The normalized spacial score (nSPS) is 35.5. The summed E-state index contributed by atoms with van der Waals surface area (Å²) in [5, 5.41) is 0. The third kappa shape index (κ3) is 0.599. The van der Waals surface area contributed by atoms with Crippen molar-refractivity contribution in [2.24, 2.45) is 4.99 Å². The van der Waals surface area contributed by atoms with Crippen LogP contribution in [-0.2, 0) is 0 Å². The highest BCUT2D eigenvalue weighted by atomic mass is 19.4. The van der Waals surface area contributed by atoms with E-state index in [2.05, 4.69) is 4.99 Å². The average molecular weight is 123 g/mol. The molecule has 1 rings (SSSR count). The van der Waals surface area contributed by atoms with E-state index >= 15 is 0 Å². The highest BCUT2D eigenvalue weighted by Gasteiger charge is 2.56. The van der Waals surface area contributed by atoms with E-state index in [0.29, 0.717) is 0 Å². The molecule has 0 radical (unpaired) electrons. The number of halogens is 3. The van der Waals surface area contributed by atoms with Crippen LogP contribution in [0.25, 0.3) is 0 Å². The van der Waals surface area contributed by atoms with Crippen LogP contribution in [0, 0.1) is 0 Å². The number of rotatable bonds is 0. The smallest absolute Gasteiger partial charge is 0.273 e. The van der Waals surface area contributed by atoms with Gasteiger partial charge in [-0.3, -0.25) is 4.99 Å². The topological polar surface area (TPSA) is 12.4 Å². The summed E-state index contributed by atoms with van der Waals surface area (Å²) in [5.41, 5.74) is -1.81. The highest BCUT2D eigenvalue weighted by Crippen LogP contribution is 2.38. The number of aliphatic imine (C=N–C) groups is 1. The zero-order valence-corrected chi connectivity index (χ0v) is 4.16. The van der Waals surface area contributed by atoms with Gasteiger partial charge in [0.1, 0.15) is 0 Å². The van der Waals surface area contributed by atoms with Crippen LogP contribution < -0.4 is 0 Å². The van der Waals surface area contributed by atoms with Crippen molar-refractivity contribution in [3.8, 4) is 0 Å². The van der Waals surface area contributed by atoms with Crippen LogP contribution in [0.15, 0.2) is 4.99 Å². The van der Waals surface area contributed by atoms with Crippen LogP contribution in [-0.4, -0.2) is 17.9 Å². The molecule has 1 atom stereocenters. The van der Waals surface area contributed by atoms with Crippen molar-refractivity contribution >= 4 is 6.21 Å². The fourth-order valence-electron chi connectivity index (χ4n) is 0.243. The van der Waals surface area contributed by atoms with Crippen LogP contribution in [0.1, 0.15) is 6.92 Å². The molecule has 0 aromatic carbocycles. The fourth-order valence-corrected chi connectivity index (χ4v) is 0.243. The summed E-state index contributed by atoms with van der Waals surface area (Å²) in [7, 11) is 0. The fraction of sp³-hybridized carbons (Fsp3) is 0.750. The molecule has 0 bridgehead atoms. The van der Waals surface area contributed by atoms with Crippen LogP contribution in [0.2, 0.25) is 0 Å². The van der Waals surface area contributed by atoms with E-state index in [4.69, 9.17) is 0 Å². The second-order valence-electron chi connectivity index (χ2n) is 1.90. The Hall–Kier alpha value is -0.540. The van der Waals surface area contributed by atoms with Crippen molar-refractivity contribution in [1.82, 2.24) is 0 Å². The van der Waals surface area contributed by atoms with E-state index in [1.807, 2.05) is 0 Å². The minimum Gasteiger partial charge on any atom is -0.273 e. The molecule has 46 valence electrons. The predicted octanol–water partition coefficient (Wildman–Crippen LogP) is 1.39. The maximum Gasteiger partial charge on any atom is 0.418 e.